The molecule has 0 radical (unpaired) electrons. The van der Waals surface area contributed by atoms with E-state index in [9.17, 15) is 0 Å². The van der Waals surface area contributed by atoms with Crippen molar-refractivity contribution in [3.63, 3.8) is 0 Å². The van der Waals surface area contributed by atoms with Crippen LogP contribution in [-0.4, -0.2) is 40.9 Å². The molecule has 0 amide bonds. The van der Waals surface area contributed by atoms with Gasteiger partial charge in [0.25, 0.3) is 0 Å². The molecule has 5 rings (SSSR count). The molecule has 3 aromatic rings. The lowest BCUT2D eigenvalue weighted by Crippen LogP contribution is -2.32. The van der Waals surface area contributed by atoms with Gasteiger partial charge in [-0.1, -0.05) is 17.7 Å². The summed E-state index contributed by atoms with van der Waals surface area (Å²) < 4.78 is 22.7. The van der Waals surface area contributed by atoms with Crippen molar-refractivity contribution < 1.29 is 18.6 Å². The Hall–Kier alpha value is -2.61. The lowest BCUT2D eigenvalue weighted by molar-refractivity contribution is 0.0669. The summed E-state index contributed by atoms with van der Waals surface area (Å²) in [5, 5.41) is 0.516. The van der Waals surface area contributed by atoms with Crippen LogP contribution in [0.15, 0.2) is 40.9 Å². The SMILES string of the molecule is Cc1oc(-c2cc3c(cc2Cl)OCO3)nc1CN(Cc1ccccn1)C[C@@H]1CCCO1. The van der Waals surface area contributed by atoms with Crippen molar-refractivity contribution in [2.45, 2.75) is 39.0 Å². The number of oxazole rings is 1. The average molecular weight is 442 g/mol. The number of pyridine rings is 1. The molecule has 0 bridgehead atoms. The van der Waals surface area contributed by atoms with Crippen LogP contribution in [0.4, 0.5) is 0 Å². The molecule has 2 aliphatic heterocycles. The van der Waals surface area contributed by atoms with Gasteiger partial charge in [0.15, 0.2) is 11.5 Å². The maximum atomic E-state index is 6.46. The van der Waals surface area contributed by atoms with E-state index in [1.165, 1.54) is 0 Å². The lowest BCUT2D eigenvalue weighted by atomic mass is 10.2. The van der Waals surface area contributed by atoms with Gasteiger partial charge in [0, 0.05) is 38.5 Å². The maximum absolute atomic E-state index is 6.46. The van der Waals surface area contributed by atoms with Crippen LogP contribution in [-0.2, 0) is 17.8 Å². The third kappa shape index (κ3) is 4.54. The van der Waals surface area contributed by atoms with Crippen LogP contribution < -0.4 is 9.47 Å². The predicted molar refractivity (Wildman–Crippen MR) is 115 cm³/mol. The Balaban J connectivity index is 1.38. The highest BCUT2D eigenvalue weighted by atomic mass is 35.5. The third-order valence-corrected chi connectivity index (χ3v) is 5.87. The Morgan fingerprint density at radius 3 is 2.81 bits per heavy atom. The molecule has 2 aliphatic rings. The molecular formula is C23H24ClN3O4. The second kappa shape index (κ2) is 8.86. The summed E-state index contributed by atoms with van der Waals surface area (Å²) in [5.74, 6) is 2.52. The van der Waals surface area contributed by atoms with Crippen molar-refractivity contribution in [2.75, 3.05) is 19.9 Å². The number of halogens is 1. The van der Waals surface area contributed by atoms with Crippen LogP contribution >= 0.6 is 11.6 Å². The van der Waals surface area contributed by atoms with Gasteiger partial charge < -0.3 is 18.6 Å². The maximum Gasteiger partial charge on any atom is 0.231 e. The number of aromatic nitrogens is 2. The van der Waals surface area contributed by atoms with Gasteiger partial charge in [0.1, 0.15) is 5.76 Å². The number of aryl methyl sites for hydroxylation is 1. The first kappa shape index (κ1) is 20.3. The number of hydrogen-bond acceptors (Lipinski definition) is 7. The van der Waals surface area contributed by atoms with E-state index in [0.717, 1.165) is 43.1 Å². The molecule has 1 saturated heterocycles. The van der Waals surface area contributed by atoms with Gasteiger partial charge in [-0.2, -0.15) is 0 Å². The fourth-order valence-electron chi connectivity index (χ4n) is 3.96. The van der Waals surface area contributed by atoms with Crippen LogP contribution in [0.3, 0.4) is 0 Å². The third-order valence-electron chi connectivity index (χ3n) is 5.56. The zero-order chi connectivity index (χ0) is 21.2. The Morgan fingerprint density at radius 2 is 2.03 bits per heavy atom. The minimum Gasteiger partial charge on any atom is -0.454 e. The molecule has 31 heavy (non-hydrogen) atoms. The molecule has 0 spiro atoms. The zero-order valence-corrected chi connectivity index (χ0v) is 18.1. The number of ether oxygens (including phenoxy) is 3. The molecule has 0 N–H and O–H groups in total. The number of hydrogen-bond donors (Lipinski definition) is 0. The second-order valence-electron chi connectivity index (χ2n) is 7.83. The van der Waals surface area contributed by atoms with Gasteiger partial charge in [0.05, 0.1) is 28.1 Å². The van der Waals surface area contributed by atoms with Gasteiger partial charge in [-0.3, -0.25) is 9.88 Å². The van der Waals surface area contributed by atoms with Gasteiger partial charge in [0.2, 0.25) is 12.7 Å². The quantitative estimate of drug-likeness (QED) is 0.530. The number of fused-ring (bicyclic) bond motifs is 1. The molecule has 1 aromatic carbocycles. The van der Waals surface area contributed by atoms with Gasteiger partial charge in [-0.25, -0.2) is 4.98 Å². The Kier molecular flexibility index (Phi) is 5.80. The van der Waals surface area contributed by atoms with E-state index < -0.39 is 0 Å². The summed E-state index contributed by atoms with van der Waals surface area (Å²) in [6.07, 6.45) is 4.24. The second-order valence-corrected chi connectivity index (χ2v) is 8.24. The first-order valence-corrected chi connectivity index (χ1v) is 10.8. The lowest BCUT2D eigenvalue weighted by Gasteiger charge is -2.24. The van der Waals surface area contributed by atoms with Gasteiger partial charge >= 0.3 is 0 Å². The summed E-state index contributed by atoms with van der Waals surface area (Å²) in [6, 6.07) is 9.53. The van der Waals surface area contributed by atoms with Crippen molar-refractivity contribution in [2.24, 2.45) is 0 Å². The number of rotatable bonds is 7. The largest absolute Gasteiger partial charge is 0.454 e. The summed E-state index contributed by atoms with van der Waals surface area (Å²) in [4.78, 5) is 11.6. The minimum absolute atomic E-state index is 0.191. The van der Waals surface area contributed by atoms with Crippen LogP contribution in [0.25, 0.3) is 11.5 Å². The number of benzene rings is 1. The standard InChI is InChI=1S/C23H24ClN3O4/c1-15-20(26-23(31-15)18-9-21-22(10-19(18)24)30-14-29-21)13-27(12-17-6-4-8-28-17)11-16-5-2-3-7-25-16/h2-3,5,7,9-10,17H,4,6,8,11-14H2,1H3/t17-/m0/s1. The monoisotopic (exact) mass is 441 g/mol. The van der Waals surface area contributed by atoms with Crippen molar-refractivity contribution in [3.8, 4) is 23.0 Å². The van der Waals surface area contributed by atoms with E-state index in [-0.39, 0.29) is 12.9 Å². The molecule has 162 valence electrons. The summed E-state index contributed by atoms with van der Waals surface area (Å²) in [5.41, 5.74) is 2.58. The molecule has 4 heterocycles. The van der Waals surface area contributed by atoms with Crippen LogP contribution in [0.1, 0.15) is 30.0 Å². The Bertz CT molecular complexity index is 1050. The van der Waals surface area contributed by atoms with Gasteiger partial charge in [-0.15, -0.1) is 0 Å². The van der Waals surface area contributed by atoms with E-state index in [4.69, 9.17) is 35.2 Å². The smallest absolute Gasteiger partial charge is 0.231 e. The average Bonchev–Trinajstić information content (AvgIpc) is 3.50. The van der Waals surface area contributed by atoms with Crippen LogP contribution in [0.2, 0.25) is 5.02 Å². The molecule has 8 heteroatoms. The first-order chi connectivity index (χ1) is 15.2. The molecule has 0 aliphatic carbocycles. The van der Waals surface area contributed by atoms with Crippen molar-refractivity contribution in [3.05, 3.63) is 58.7 Å². The summed E-state index contributed by atoms with van der Waals surface area (Å²) in [6.45, 7) is 5.12. The molecule has 0 saturated carbocycles. The fraction of sp³-hybridized carbons (Fsp3) is 0.391. The van der Waals surface area contributed by atoms with Crippen LogP contribution in [0, 0.1) is 6.92 Å². The minimum atomic E-state index is 0.191. The molecule has 0 unspecified atom stereocenters. The highest BCUT2D eigenvalue weighted by molar-refractivity contribution is 6.33. The fourth-order valence-corrected chi connectivity index (χ4v) is 4.20. The molecule has 1 fully saturated rings. The van der Waals surface area contributed by atoms with Crippen molar-refractivity contribution in [1.82, 2.24) is 14.9 Å². The highest BCUT2D eigenvalue weighted by Crippen LogP contribution is 2.41. The van der Waals surface area contributed by atoms with E-state index in [0.29, 0.717) is 41.1 Å². The first-order valence-electron chi connectivity index (χ1n) is 10.5. The van der Waals surface area contributed by atoms with Crippen molar-refractivity contribution in [1.29, 1.82) is 0 Å². The molecular weight excluding hydrogens is 418 g/mol. The predicted octanol–water partition coefficient (Wildman–Crippen LogP) is 4.61. The van der Waals surface area contributed by atoms with E-state index >= 15 is 0 Å². The van der Waals surface area contributed by atoms with Gasteiger partial charge in [-0.05, 0) is 38.0 Å². The number of nitrogens with zero attached hydrogens (tertiary/aromatic N) is 3. The highest BCUT2D eigenvalue weighted by Gasteiger charge is 2.24. The Morgan fingerprint density at radius 1 is 1.16 bits per heavy atom. The van der Waals surface area contributed by atoms with E-state index in [1.807, 2.05) is 37.4 Å². The zero-order valence-electron chi connectivity index (χ0n) is 17.3. The van der Waals surface area contributed by atoms with E-state index in [2.05, 4.69) is 9.88 Å². The molecule has 1 atom stereocenters. The Labute approximate surface area is 185 Å². The molecule has 2 aromatic heterocycles. The summed E-state index contributed by atoms with van der Waals surface area (Å²) in [7, 11) is 0. The topological polar surface area (TPSA) is 69.9 Å². The van der Waals surface area contributed by atoms with Crippen LogP contribution in [0.5, 0.6) is 11.5 Å². The van der Waals surface area contributed by atoms with Crippen molar-refractivity contribution >= 4 is 11.6 Å². The normalized spacial score (nSPS) is 17.6. The summed E-state index contributed by atoms with van der Waals surface area (Å²) >= 11 is 6.46. The molecule has 7 nitrogen and oxygen atoms in total. The van der Waals surface area contributed by atoms with E-state index in [1.54, 1.807) is 6.07 Å².